The van der Waals surface area contributed by atoms with Gasteiger partial charge in [0.25, 0.3) is 0 Å². The van der Waals surface area contributed by atoms with Crippen LogP contribution >= 0.6 is 23.1 Å². The molecule has 3 heterocycles. The largest absolute Gasteiger partial charge is 0.341 e. The van der Waals surface area contributed by atoms with E-state index in [1.807, 2.05) is 35.2 Å². The van der Waals surface area contributed by atoms with Gasteiger partial charge in [-0.3, -0.25) is 4.79 Å². The van der Waals surface area contributed by atoms with Crippen LogP contribution in [0.4, 0.5) is 0 Å². The maximum absolute atomic E-state index is 13.3. The summed E-state index contributed by atoms with van der Waals surface area (Å²) in [6.45, 7) is 2.52. The number of thioether (sulfide) groups is 1. The number of likely N-dealkylation sites (tertiary alicyclic amines) is 1. The van der Waals surface area contributed by atoms with Crippen molar-refractivity contribution in [3.05, 3.63) is 64.6 Å². The van der Waals surface area contributed by atoms with E-state index in [9.17, 15) is 4.79 Å². The van der Waals surface area contributed by atoms with Gasteiger partial charge >= 0.3 is 0 Å². The first-order valence-corrected chi connectivity index (χ1v) is 11.5. The summed E-state index contributed by atoms with van der Waals surface area (Å²) in [6, 6.07) is 14.3. The average Bonchev–Trinajstić information content (AvgIpc) is 3.43. The van der Waals surface area contributed by atoms with E-state index in [4.69, 9.17) is 0 Å². The topological polar surface area (TPSA) is 51.0 Å². The normalized spacial score (nSPS) is 15.5. The predicted octanol–water partition coefficient (Wildman–Crippen LogP) is 4.43. The maximum atomic E-state index is 13.3. The molecule has 2 aromatic heterocycles. The van der Waals surface area contributed by atoms with E-state index < -0.39 is 0 Å². The van der Waals surface area contributed by atoms with Crippen LogP contribution in [0.15, 0.2) is 59.3 Å². The second-order valence-electron chi connectivity index (χ2n) is 6.93. The molecular weight excluding hydrogens is 388 g/mol. The molecule has 0 aliphatic carbocycles. The lowest BCUT2D eigenvalue weighted by molar-refractivity contribution is -0.131. The molecule has 0 saturated carbocycles. The molecule has 1 aliphatic rings. The second kappa shape index (κ2) is 9.39. The molecule has 1 atom stereocenters. The highest BCUT2D eigenvalue weighted by Crippen LogP contribution is 2.36. The number of aromatic nitrogens is 3. The van der Waals surface area contributed by atoms with E-state index in [-0.39, 0.29) is 11.2 Å². The van der Waals surface area contributed by atoms with Crippen LogP contribution in [0.1, 0.15) is 35.0 Å². The Balaban J connectivity index is 1.53. The lowest BCUT2D eigenvalue weighted by Gasteiger charge is -2.30. The predicted molar refractivity (Wildman–Crippen MR) is 114 cm³/mol. The number of carbonyl (C=O) groups is 1. The Morgan fingerprint density at radius 1 is 1.11 bits per heavy atom. The first kappa shape index (κ1) is 19.2. The molecule has 1 saturated heterocycles. The first-order chi connectivity index (χ1) is 13.8. The number of amides is 1. The lowest BCUT2D eigenvalue weighted by Crippen LogP contribution is -2.38. The average molecular weight is 413 g/mol. The van der Waals surface area contributed by atoms with E-state index in [0.29, 0.717) is 0 Å². The van der Waals surface area contributed by atoms with Gasteiger partial charge in [-0.2, -0.15) is 0 Å². The Morgan fingerprint density at radius 3 is 2.68 bits per heavy atom. The summed E-state index contributed by atoms with van der Waals surface area (Å²) in [5.74, 6) is 0.184. The lowest BCUT2D eigenvalue weighted by atomic mass is 10.1. The smallest absolute Gasteiger partial charge is 0.240 e. The highest BCUT2D eigenvalue weighted by Gasteiger charge is 2.29. The maximum Gasteiger partial charge on any atom is 0.240 e. The van der Waals surface area contributed by atoms with E-state index in [0.717, 1.165) is 49.6 Å². The molecule has 4 rings (SSSR count). The fourth-order valence-corrected chi connectivity index (χ4v) is 5.27. The van der Waals surface area contributed by atoms with Crippen LogP contribution in [-0.2, 0) is 17.8 Å². The monoisotopic (exact) mass is 412 g/mol. The summed E-state index contributed by atoms with van der Waals surface area (Å²) < 4.78 is 2.06. The Morgan fingerprint density at radius 2 is 1.93 bits per heavy atom. The van der Waals surface area contributed by atoms with Crippen molar-refractivity contribution >= 4 is 29.0 Å². The molecule has 146 valence electrons. The second-order valence-corrected chi connectivity index (χ2v) is 9.04. The summed E-state index contributed by atoms with van der Waals surface area (Å²) in [5.41, 5.74) is 1.02. The number of hydrogen-bond donors (Lipinski definition) is 0. The molecule has 1 amide bonds. The minimum Gasteiger partial charge on any atom is -0.341 e. The molecule has 1 fully saturated rings. The van der Waals surface area contributed by atoms with E-state index in [1.165, 1.54) is 23.1 Å². The van der Waals surface area contributed by atoms with Crippen LogP contribution in [0.5, 0.6) is 0 Å². The number of aryl methyl sites for hydroxylation is 2. The number of rotatable bonds is 7. The first-order valence-electron chi connectivity index (χ1n) is 9.72. The van der Waals surface area contributed by atoms with Gasteiger partial charge in [0, 0.05) is 24.5 Å². The van der Waals surface area contributed by atoms with Gasteiger partial charge in [-0.1, -0.05) is 48.2 Å². The fraction of sp³-hybridized carbons (Fsp3) is 0.381. The van der Waals surface area contributed by atoms with E-state index in [1.54, 1.807) is 17.7 Å². The quantitative estimate of drug-likeness (QED) is 0.539. The Bertz CT molecular complexity index is 873. The molecule has 0 spiro atoms. The number of nitrogens with zero attached hydrogens (tertiary/aromatic N) is 4. The SMILES string of the molecule is O=C([C@H](Sc1nncn1CCc1cccs1)c1ccccc1)N1CCCCC1. The van der Waals surface area contributed by atoms with Crippen molar-refractivity contribution < 1.29 is 4.79 Å². The molecule has 28 heavy (non-hydrogen) atoms. The third kappa shape index (κ3) is 4.64. The number of benzene rings is 1. The standard InChI is InChI=1S/C21H24N4OS2/c26-20(24-12-5-2-6-13-24)19(17-8-3-1-4-9-17)28-21-23-22-16-25(21)14-11-18-10-7-15-27-18/h1,3-4,7-10,15-16,19H,2,5-6,11-14H2/t19-/m1/s1. The van der Waals surface area contributed by atoms with Crippen molar-refractivity contribution in [3.8, 4) is 0 Å². The number of hydrogen-bond acceptors (Lipinski definition) is 5. The zero-order valence-corrected chi connectivity index (χ0v) is 17.4. The van der Waals surface area contributed by atoms with Gasteiger partial charge in [0.15, 0.2) is 5.16 Å². The molecular formula is C21H24N4OS2. The van der Waals surface area contributed by atoms with Gasteiger partial charge in [0.2, 0.25) is 5.91 Å². The van der Waals surface area contributed by atoms with Crippen molar-refractivity contribution in [3.63, 3.8) is 0 Å². The summed E-state index contributed by atoms with van der Waals surface area (Å²) in [7, 11) is 0. The summed E-state index contributed by atoms with van der Waals surface area (Å²) in [6.07, 6.45) is 6.11. The number of piperidine rings is 1. The highest BCUT2D eigenvalue weighted by molar-refractivity contribution is 8.00. The van der Waals surface area contributed by atoms with Crippen LogP contribution < -0.4 is 0 Å². The molecule has 5 nitrogen and oxygen atoms in total. The summed E-state index contributed by atoms with van der Waals surface area (Å²) >= 11 is 3.28. The zero-order valence-electron chi connectivity index (χ0n) is 15.7. The van der Waals surface area contributed by atoms with Gasteiger partial charge in [-0.15, -0.1) is 21.5 Å². The molecule has 3 aromatic rings. The van der Waals surface area contributed by atoms with E-state index >= 15 is 0 Å². The third-order valence-electron chi connectivity index (χ3n) is 4.98. The van der Waals surface area contributed by atoms with Crippen molar-refractivity contribution in [2.24, 2.45) is 0 Å². The molecule has 1 aromatic carbocycles. The van der Waals surface area contributed by atoms with Gasteiger partial charge in [-0.05, 0) is 42.7 Å². The molecule has 7 heteroatoms. The number of thiophene rings is 1. The van der Waals surface area contributed by atoms with Gasteiger partial charge in [-0.25, -0.2) is 0 Å². The molecule has 1 aliphatic heterocycles. The Labute approximate surface area is 173 Å². The summed E-state index contributed by atoms with van der Waals surface area (Å²) in [5, 5.41) is 11.0. The van der Waals surface area contributed by atoms with Crippen molar-refractivity contribution in [2.75, 3.05) is 13.1 Å². The Kier molecular flexibility index (Phi) is 6.44. The third-order valence-corrected chi connectivity index (χ3v) is 7.15. The van der Waals surface area contributed by atoms with Crippen molar-refractivity contribution in [2.45, 2.75) is 42.6 Å². The molecule has 0 bridgehead atoms. The highest BCUT2D eigenvalue weighted by atomic mass is 32.2. The van der Waals surface area contributed by atoms with Crippen molar-refractivity contribution in [1.29, 1.82) is 0 Å². The molecule has 0 radical (unpaired) electrons. The van der Waals surface area contributed by atoms with Crippen LogP contribution in [0, 0.1) is 0 Å². The number of carbonyl (C=O) groups excluding carboxylic acids is 1. The minimum absolute atomic E-state index is 0.184. The fourth-order valence-electron chi connectivity index (χ4n) is 3.45. The van der Waals surface area contributed by atoms with Crippen LogP contribution in [-0.4, -0.2) is 38.7 Å². The molecule has 0 unspecified atom stereocenters. The van der Waals surface area contributed by atoms with Crippen LogP contribution in [0.3, 0.4) is 0 Å². The van der Waals surface area contributed by atoms with Crippen molar-refractivity contribution in [1.82, 2.24) is 19.7 Å². The zero-order chi connectivity index (χ0) is 19.2. The van der Waals surface area contributed by atoms with Crippen LogP contribution in [0.2, 0.25) is 0 Å². The van der Waals surface area contributed by atoms with Gasteiger partial charge in [0.1, 0.15) is 11.6 Å². The molecule has 0 N–H and O–H groups in total. The van der Waals surface area contributed by atoms with Gasteiger partial charge < -0.3 is 9.47 Å². The summed E-state index contributed by atoms with van der Waals surface area (Å²) in [4.78, 5) is 16.7. The Hall–Kier alpha value is -2.12. The minimum atomic E-state index is -0.288. The van der Waals surface area contributed by atoms with Gasteiger partial charge in [0.05, 0.1) is 0 Å². The van der Waals surface area contributed by atoms with E-state index in [2.05, 4.69) is 32.3 Å². The van der Waals surface area contributed by atoms with Crippen LogP contribution in [0.25, 0.3) is 0 Å².